The Morgan fingerprint density at radius 1 is 1.06 bits per heavy atom. The predicted molar refractivity (Wildman–Crippen MR) is 119 cm³/mol. The summed E-state index contributed by atoms with van der Waals surface area (Å²) in [5.74, 6) is -0.134. The number of hydrogen-bond donors (Lipinski definition) is 0. The summed E-state index contributed by atoms with van der Waals surface area (Å²) < 4.78 is 5.48. The van der Waals surface area contributed by atoms with Gasteiger partial charge in [0, 0.05) is 13.1 Å². The minimum atomic E-state index is -1.14. The number of nitrogens with zero attached hydrogens (tertiary/aromatic N) is 4. The van der Waals surface area contributed by atoms with Gasteiger partial charge in [0.1, 0.15) is 12.3 Å². The number of esters is 1. The van der Waals surface area contributed by atoms with Crippen molar-refractivity contribution in [2.45, 2.75) is 32.8 Å². The van der Waals surface area contributed by atoms with E-state index in [1.54, 1.807) is 0 Å². The van der Waals surface area contributed by atoms with Gasteiger partial charge in [-0.15, -0.1) is 0 Å². The van der Waals surface area contributed by atoms with Gasteiger partial charge < -0.3 is 9.64 Å². The highest BCUT2D eigenvalue weighted by atomic mass is 16.5. The Hall–Kier alpha value is -3.46. The van der Waals surface area contributed by atoms with Crippen LogP contribution >= 0.6 is 0 Å². The fraction of sp³-hybridized carbons (Fsp3) is 0.360. The molecule has 0 N–H and O–H groups in total. The van der Waals surface area contributed by atoms with Gasteiger partial charge in [-0.25, -0.2) is 9.97 Å². The van der Waals surface area contributed by atoms with Crippen LogP contribution in [0.5, 0.6) is 0 Å². The van der Waals surface area contributed by atoms with Crippen LogP contribution in [0.2, 0.25) is 0 Å². The summed E-state index contributed by atoms with van der Waals surface area (Å²) in [6.07, 6.45) is 1.15. The molecule has 4 rings (SSSR count). The van der Waals surface area contributed by atoms with Gasteiger partial charge in [0.2, 0.25) is 0 Å². The van der Waals surface area contributed by atoms with E-state index >= 15 is 0 Å². The molecule has 2 aromatic carbocycles. The molecule has 1 aromatic heterocycles. The third-order valence-electron chi connectivity index (χ3n) is 5.61. The second-order valence-corrected chi connectivity index (χ2v) is 8.43. The summed E-state index contributed by atoms with van der Waals surface area (Å²) in [5.41, 5.74) is 2.66. The first kappa shape index (κ1) is 20.8. The second kappa shape index (κ2) is 9.13. The molecular weight excluding hydrogens is 388 g/mol. The molecule has 1 saturated heterocycles. The van der Waals surface area contributed by atoms with Crippen molar-refractivity contribution in [2.75, 3.05) is 18.0 Å². The van der Waals surface area contributed by atoms with Crippen molar-refractivity contribution < 1.29 is 9.53 Å². The highest BCUT2D eigenvalue weighted by molar-refractivity contribution is 5.85. The number of piperidine rings is 1. The van der Waals surface area contributed by atoms with Crippen molar-refractivity contribution >= 4 is 22.8 Å². The fourth-order valence-electron chi connectivity index (χ4n) is 4.30. The Balaban J connectivity index is 1.69. The Morgan fingerprint density at radius 3 is 2.32 bits per heavy atom. The third kappa shape index (κ3) is 4.66. The number of anilines is 1. The van der Waals surface area contributed by atoms with E-state index in [2.05, 4.69) is 24.8 Å². The van der Waals surface area contributed by atoms with Gasteiger partial charge in [-0.1, -0.05) is 56.3 Å². The lowest BCUT2D eigenvalue weighted by Gasteiger charge is -2.36. The summed E-state index contributed by atoms with van der Waals surface area (Å²) in [6.45, 7) is 6.19. The van der Waals surface area contributed by atoms with Crippen LogP contribution in [0.25, 0.3) is 11.0 Å². The van der Waals surface area contributed by atoms with Crippen LogP contribution in [-0.4, -0.2) is 29.0 Å². The number of ether oxygens (including phenoxy) is 1. The number of rotatable bonds is 5. The molecule has 0 radical (unpaired) electrons. The van der Waals surface area contributed by atoms with Crippen LogP contribution in [0.4, 0.5) is 5.82 Å². The highest BCUT2D eigenvalue weighted by Crippen LogP contribution is 2.32. The molecule has 1 aliphatic heterocycles. The number of benzene rings is 2. The van der Waals surface area contributed by atoms with Crippen LogP contribution in [0.1, 0.15) is 37.4 Å². The quantitative estimate of drug-likeness (QED) is 0.574. The molecule has 0 bridgehead atoms. The second-order valence-electron chi connectivity index (χ2n) is 8.43. The number of carbonyl (C=O) groups excluding carboxylic acids is 1. The molecule has 2 heterocycles. The van der Waals surface area contributed by atoms with Gasteiger partial charge in [-0.05, 0) is 36.0 Å². The number of fused-ring (bicyclic) bond motifs is 1. The maximum Gasteiger partial charge on any atom is 0.330 e. The Bertz CT molecular complexity index is 1100. The Morgan fingerprint density at radius 2 is 1.68 bits per heavy atom. The van der Waals surface area contributed by atoms with E-state index in [1.165, 1.54) is 0 Å². The summed E-state index contributed by atoms with van der Waals surface area (Å²) in [6, 6.07) is 19.1. The zero-order valence-corrected chi connectivity index (χ0v) is 17.9. The first-order valence-electron chi connectivity index (χ1n) is 10.7. The molecule has 0 aliphatic carbocycles. The van der Waals surface area contributed by atoms with Crippen molar-refractivity contribution in [3.05, 3.63) is 65.9 Å². The van der Waals surface area contributed by atoms with Crippen LogP contribution in [0.15, 0.2) is 54.6 Å². The molecule has 3 aromatic rings. The van der Waals surface area contributed by atoms with Crippen molar-refractivity contribution in [2.24, 2.45) is 11.8 Å². The van der Waals surface area contributed by atoms with Gasteiger partial charge in [0.25, 0.3) is 0 Å². The van der Waals surface area contributed by atoms with Gasteiger partial charge in [-0.2, -0.15) is 5.26 Å². The normalized spacial score (nSPS) is 19.6. The van der Waals surface area contributed by atoms with Crippen molar-refractivity contribution in [1.29, 1.82) is 5.26 Å². The molecule has 0 saturated carbocycles. The number of nitriles is 1. The van der Waals surface area contributed by atoms with Crippen molar-refractivity contribution in [3.8, 4) is 6.07 Å². The maximum atomic E-state index is 12.9. The summed E-state index contributed by atoms with van der Waals surface area (Å²) >= 11 is 0. The van der Waals surface area contributed by atoms with Gasteiger partial charge in [-0.3, -0.25) is 4.79 Å². The molecule has 0 unspecified atom stereocenters. The van der Waals surface area contributed by atoms with E-state index in [1.807, 2.05) is 54.6 Å². The number of aromatic nitrogens is 2. The van der Waals surface area contributed by atoms with Crippen LogP contribution < -0.4 is 4.90 Å². The zero-order chi connectivity index (χ0) is 21.8. The summed E-state index contributed by atoms with van der Waals surface area (Å²) in [4.78, 5) is 24.6. The predicted octanol–water partition coefficient (Wildman–Crippen LogP) is 4.46. The molecule has 158 valence electrons. The summed E-state index contributed by atoms with van der Waals surface area (Å²) in [7, 11) is 0. The van der Waals surface area contributed by atoms with Crippen LogP contribution in [-0.2, 0) is 16.1 Å². The molecule has 0 amide bonds. The van der Waals surface area contributed by atoms with Crippen LogP contribution in [0.3, 0.4) is 0 Å². The SMILES string of the molecule is C[C@@H]1C[C@@H](C)CN(c2nc3ccccc3nc2[C@@H](C#N)C(=O)OCc2ccccc2)C1. The minimum absolute atomic E-state index is 0.117. The fourth-order valence-corrected chi connectivity index (χ4v) is 4.30. The standard InChI is InChI=1S/C25H26N4O2/c1-17-12-18(2)15-29(14-17)24-23(27-21-10-6-7-11-22(21)28-24)20(13-26)25(30)31-16-19-8-4-3-5-9-19/h3-11,17-18,20H,12,14-16H2,1-2H3/t17-,18-,20-/m1/s1. The van der Waals surface area contributed by atoms with Gasteiger partial charge in [0.15, 0.2) is 11.7 Å². The smallest absolute Gasteiger partial charge is 0.330 e. The monoisotopic (exact) mass is 414 g/mol. The Labute approximate surface area is 182 Å². The number of hydrogen-bond acceptors (Lipinski definition) is 6. The molecule has 3 atom stereocenters. The molecular formula is C25H26N4O2. The largest absolute Gasteiger partial charge is 0.460 e. The van der Waals surface area contributed by atoms with Gasteiger partial charge in [0.05, 0.1) is 17.1 Å². The lowest BCUT2D eigenvalue weighted by molar-refractivity contribution is -0.145. The van der Waals surface area contributed by atoms with Crippen LogP contribution in [0, 0.1) is 23.2 Å². The first-order valence-corrected chi connectivity index (χ1v) is 10.7. The summed E-state index contributed by atoms with van der Waals surface area (Å²) in [5, 5.41) is 9.91. The molecule has 1 aliphatic rings. The van der Waals surface area contributed by atoms with Gasteiger partial charge >= 0.3 is 5.97 Å². The van der Waals surface area contributed by atoms with E-state index in [-0.39, 0.29) is 6.61 Å². The molecule has 31 heavy (non-hydrogen) atoms. The number of carbonyl (C=O) groups is 1. The average molecular weight is 415 g/mol. The average Bonchev–Trinajstić information content (AvgIpc) is 2.78. The minimum Gasteiger partial charge on any atom is -0.460 e. The van der Waals surface area contributed by atoms with E-state index in [4.69, 9.17) is 14.7 Å². The number of para-hydroxylation sites is 2. The van der Waals surface area contributed by atoms with E-state index in [0.29, 0.717) is 28.9 Å². The lowest BCUT2D eigenvalue weighted by atomic mass is 9.91. The molecule has 0 spiro atoms. The third-order valence-corrected chi connectivity index (χ3v) is 5.61. The Kier molecular flexibility index (Phi) is 6.13. The van der Waals surface area contributed by atoms with Crippen molar-refractivity contribution in [3.63, 3.8) is 0 Å². The molecule has 1 fully saturated rings. The maximum absolute atomic E-state index is 12.9. The topological polar surface area (TPSA) is 79.1 Å². The van der Waals surface area contributed by atoms with E-state index in [0.717, 1.165) is 30.6 Å². The zero-order valence-electron chi connectivity index (χ0n) is 17.9. The first-order chi connectivity index (χ1) is 15.0. The molecule has 6 nitrogen and oxygen atoms in total. The van der Waals surface area contributed by atoms with E-state index in [9.17, 15) is 10.1 Å². The van der Waals surface area contributed by atoms with Crippen molar-refractivity contribution in [1.82, 2.24) is 9.97 Å². The molecule has 6 heteroatoms. The lowest BCUT2D eigenvalue weighted by Crippen LogP contribution is -2.40. The van der Waals surface area contributed by atoms with E-state index < -0.39 is 11.9 Å². The highest BCUT2D eigenvalue weighted by Gasteiger charge is 2.32.